The molecule has 2 heteroatoms. The van der Waals surface area contributed by atoms with Gasteiger partial charge in [-0.05, 0) is 62.8 Å². The Kier molecular flexibility index (Phi) is 6.65. The van der Waals surface area contributed by atoms with Gasteiger partial charge in [-0.25, -0.2) is 0 Å². The second kappa shape index (κ2) is 7.49. The number of hydrogen-bond donors (Lipinski definition) is 1. The third kappa shape index (κ3) is 4.89. The highest BCUT2D eigenvalue weighted by atomic mass is 16.5. The quantitative estimate of drug-likeness (QED) is 0.728. The fourth-order valence-electron chi connectivity index (χ4n) is 3.45. The molecule has 108 valence electrons. The fourth-order valence-corrected chi connectivity index (χ4v) is 3.45. The first-order valence-corrected chi connectivity index (χ1v) is 7.65. The number of hydrogen-bond acceptors (Lipinski definition) is 2. The number of rotatable bonds is 6. The van der Waals surface area contributed by atoms with Crippen LogP contribution in [0, 0.1) is 17.3 Å². The van der Waals surface area contributed by atoms with Gasteiger partial charge in [0.25, 0.3) is 0 Å². The molecule has 1 aliphatic carbocycles. The molecule has 0 aliphatic heterocycles. The second-order valence-electron chi connectivity index (χ2n) is 7.01. The monoisotopic (exact) mass is 255 g/mol. The zero-order valence-electron chi connectivity index (χ0n) is 13.1. The van der Waals surface area contributed by atoms with Crippen molar-refractivity contribution < 1.29 is 4.74 Å². The Morgan fingerprint density at radius 1 is 1.17 bits per heavy atom. The average Bonchev–Trinajstić information content (AvgIpc) is 2.34. The lowest BCUT2D eigenvalue weighted by atomic mass is 9.68. The van der Waals surface area contributed by atoms with E-state index >= 15 is 0 Å². The molecule has 0 amide bonds. The first-order chi connectivity index (χ1) is 8.49. The molecule has 0 bridgehead atoms. The van der Waals surface area contributed by atoms with Gasteiger partial charge in [-0.15, -0.1) is 0 Å². The molecule has 0 aromatic rings. The van der Waals surface area contributed by atoms with Crippen LogP contribution in [0.15, 0.2) is 0 Å². The minimum Gasteiger partial charge on any atom is -0.385 e. The van der Waals surface area contributed by atoms with Crippen molar-refractivity contribution in [1.82, 2.24) is 5.32 Å². The van der Waals surface area contributed by atoms with Crippen LogP contribution in [0.1, 0.15) is 59.3 Å². The lowest BCUT2D eigenvalue weighted by Crippen LogP contribution is -2.37. The van der Waals surface area contributed by atoms with Crippen molar-refractivity contribution in [3.63, 3.8) is 0 Å². The Balaban J connectivity index is 2.35. The Hall–Kier alpha value is -0.0800. The topological polar surface area (TPSA) is 21.3 Å². The molecule has 1 unspecified atom stereocenters. The molecule has 0 aromatic heterocycles. The summed E-state index contributed by atoms with van der Waals surface area (Å²) in [6.07, 6.45) is 8.07. The van der Waals surface area contributed by atoms with Crippen LogP contribution >= 0.6 is 0 Å². The van der Waals surface area contributed by atoms with Gasteiger partial charge in [0.05, 0.1) is 0 Å². The molecular formula is C16H33NO. The summed E-state index contributed by atoms with van der Waals surface area (Å²) >= 11 is 0. The van der Waals surface area contributed by atoms with Crippen LogP contribution in [0.3, 0.4) is 0 Å². The molecular weight excluding hydrogens is 222 g/mol. The maximum Gasteiger partial charge on any atom is 0.0462 e. The molecule has 0 radical (unpaired) electrons. The fraction of sp³-hybridized carbons (Fsp3) is 1.00. The van der Waals surface area contributed by atoms with Crippen molar-refractivity contribution in [2.24, 2.45) is 17.3 Å². The van der Waals surface area contributed by atoms with E-state index in [4.69, 9.17) is 4.74 Å². The van der Waals surface area contributed by atoms with Crippen LogP contribution in [0.25, 0.3) is 0 Å². The van der Waals surface area contributed by atoms with E-state index < -0.39 is 0 Å². The van der Waals surface area contributed by atoms with Crippen molar-refractivity contribution in [3.05, 3.63) is 0 Å². The Bertz CT molecular complexity index is 214. The molecule has 0 heterocycles. The Morgan fingerprint density at radius 2 is 1.78 bits per heavy atom. The number of nitrogens with one attached hydrogen (secondary N) is 1. The highest BCUT2D eigenvalue weighted by Crippen LogP contribution is 2.41. The molecule has 1 aliphatic rings. The Morgan fingerprint density at radius 3 is 2.22 bits per heavy atom. The van der Waals surface area contributed by atoms with Crippen LogP contribution in [0.5, 0.6) is 0 Å². The van der Waals surface area contributed by atoms with Gasteiger partial charge in [-0.2, -0.15) is 0 Å². The van der Waals surface area contributed by atoms with Gasteiger partial charge in [0.1, 0.15) is 0 Å². The molecule has 18 heavy (non-hydrogen) atoms. The molecule has 0 saturated heterocycles. The van der Waals surface area contributed by atoms with Gasteiger partial charge < -0.3 is 10.1 Å². The molecule has 1 N–H and O–H groups in total. The zero-order valence-corrected chi connectivity index (χ0v) is 13.1. The summed E-state index contributed by atoms with van der Waals surface area (Å²) in [6, 6.07) is 0.695. The zero-order chi connectivity index (χ0) is 13.6. The summed E-state index contributed by atoms with van der Waals surface area (Å²) in [4.78, 5) is 0. The van der Waals surface area contributed by atoms with Gasteiger partial charge >= 0.3 is 0 Å². The van der Waals surface area contributed by atoms with Crippen LogP contribution < -0.4 is 5.32 Å². The van der Waals surface area contributed by atoms with Crippen molar-refractivity contribution >= 4 is 0 Å². The van der Waals surface area contributed by atoms with Gasteiger partial charge in [0.15, 0.2) is 0 Å². The predicted molar refractivity (Wildman–Crippen MR) is 78.9 cm³/mol. The van der Waals surface area contributed by atoms with E-state index in [1.165, 1.54) is 38.5 Å². The van der Waals surface area contributed by atoms with Gasteiger partial charge in [0.2, 0.25) is 0 Å². The van der Waals surface area contributed by atoms with E-state index in [0.717, 1.165) is 18.4 Å². The van der Waals surface area contributed by atoms with Crippen LogP contribution in [-0.2, 0) is 4.74 Å². The maximum absolute atomic E-state index is 5.16. The van der Waals surface area contributed by atoms with Gasteiger partial charge in [-0.3, -0.25) is 0 Å². The minimum atomic E-state index is 0.496. The van der Waals surface area contributed by atoms with E-state index in [2.05, 4.69) is 33.1 Å². The van der Waals surface area contributed by atoms with E-state index in [1.807, 2.05) is 0 Å². The maximum atomic E-state index is 5.16. The molecule has 1 fully saturated rings. The normalized spacial score (nSPS) is 27.2. The highest BCUT2D eigenvalue weighted by molar-refractivity contribution is 4.85. The first kappa shape index (κ1) is 16.0. The van der Waals surface area contributed by atoms with Gasteiger partial charge in [0, 0.05) is 19.8 Å². The van der Waals surface area contributed by atoms with Crippen LogP contribution in [-0.4, -0.2) is 26.8 Å². The van der Waals surface area contributed by atoms with Crippen LogP contribution in [0.4, 0.5) is 0 Å². The lowest BCUT2D eigenvalue weighted by molar-refractivity contribution is 0.127. The third-order valence-corrected chi connectivity index (χ3v) is 4.80. The molecule has 1 rings (SSSR count). The first-order valence-electron chi connectivity index (χ1n) is 7.65. The van der Waals surface area contributed by atoms with E-state index in [-0.39, 0.29) is 0 Å². The summed E-state index contributed by atoms with van der Waals surface area (Å²) in [7, 11) is 3.91. The predicted octanol–water partition coefficient (Wildman–Crippen LogP) is 3.85. The Labute approximate surface area is 114 Å². The third-order valence-electron chi connectivity index (χ3n) is 4.80. The molecule has 1 atom stereocenters. The summed E-state index contributed by atoms with van der Waals surface area (Å²) in [6.45, 7) is 8.08. The van der Waals surface area contributed by atoms with E-state index in [9.17, 15) is 0 Å². The largest absolute Gasteiger partial charge is 0.385 e. The molecule has 0 aromatic carbocycles. The average molecular weight is 255 g/mol. The molecule has 1 saturated carbocycles. The SMILES string of the molecule is CNC(CCCOC)C1CCC(C(C)(C)C)CC1. The second-order valence-corrected chi connectivity index (χ2v) is 7.01. The highest BCUT2D eigenvalue weighted by Gasteiger charge is 2.32. The molecule has 0 spiro atoms. The van der Waals surface area contributed by atoms with Crippen LogP contribution in [0.2, 0.25) is 0 Å². The van der Waals surface area contributed by atoms with Gasteiger partial charge in [-0.1, -0.05) is 20.8 Å². The minimum absolute atomic E-state index is 0.496. The van der Waals surface area contributed by atoms with Crippen molar-refractivity contribution in [2.75, 3.05) is 20.8 Å². The summed E-state index contributed by atoms with van der Waals surface area (Å²) in [5.74, 6) is 1.80. The summed E-state index contributed by atoms with van der Waals surface area (Å²) in [5.41, 5.74) is 0.496. The van der Waals surface area contributed by atoms with E-state index in [1.54, 1.807) is 7.11 Å². The van der Waals surface area contributed by atoms with Crippen molar-refractivity contribution in [2.45, 2.75) is 65.3 Å². The van der Waals surface area contributed by atoms with Crippen molar-refractivity contribution in [3.8, 4) is 0 Å². The van der Waals surface area contributed by atoms with E-state index in [0.29, 0.717) is 11.5 Å². The molecule has 2 nitrogen and oxygen atoms in total. The smallest absolute Gasteiger partial charge is 0.0462 e. The summed E-state index contributed by atoms with van der Waals surface area (Å²) in [5, 5.41) is 3.53. The standard InChI is InChI=1S/C16H33NO/c1-16(2,3)14-10-8-13(9-11-14)15(17-4)7-6-12-18-5/h13-15,17H,6-12H2,1-5H3. The number of methoxy groups -OCH3 is 1. The lowest BCUT2D eigenvalue weighted by Gasteiger charge is -2.39. The summed E-state index contributed by atoms with van der Waals surface area (Å²) < 4.78 is 5.16. The number of ether oxygens (including phenoxy) is 1. The van der Waals surface area contributed by atoms with Crippen molar-refractivity contribution in [1.29, 1.82) is 0 Å².